The van der Waals surface area contributed by atoms with Crippen molar-refractivity contribution in [1.29, 1.82) is 0 Å². The fourth-order valence-corrected chi connectivity index (χ4v) is 2.27. The molecule has 1 aliphatic rings. The predicted molar refractivity (Wildman–Crippen MR) is 82.5 cm³/mol. The van der Waals surface area contributed by atoms with Crippen molar-refractivity contribution in [3.8, 4) is 17.2 Å². The van der Waals surface area contributed by atoms with Crippen LogP contribution in [0.4, 0.5) is 5.69 Å². The number of benzene rings is 2. The number of carbonyl (C=O) groups is 1. The number of fused-ring (bicyclic) bond motifs is 1. The number of ether oxygens (including phenoxy) is 2. The lowest BCUT2D eigenvalue weighted by Gasteiger charge is -2.19. The summed E-state index contributed by atoms with van der Waals surface area (Å²) in [6, 6.07) is 12.2. The molecule has 0 fully saturated rings. The van der Waals surface area contributed by atoms with Crippen molar-refractivity contribution in [1.82, 2.24) is 0 Å². The summed E-state index contributed by atoms with van der Waals surface area (Å²) in [4.78, 5) is 12.0. The molecule has 0 aliphatic carbocycles. The third-order valence-corrected chi connectivity index (χ3v) is 3.40. The van der Waals surface area contributed by atoms with Gasteiger partial charge in [-0.1, -0.05) is 12.1 Å². The lowest BCUT2D eigenvalue weighted by Crippen LogP contribution is -2.16. The van der Waals surface area contributed by atoms with Gasteiger partial charge >= 0.3 is 0 Å². The zero-order valence-corrected chi connectivity index (χ0v) is 12.0. The number of hydrogen-bond donors (Lipinski definition) is 2. The first-order valence-corrected chi connectivity index (χ1v) is 7.18. The van der Waals surface area contributed by atoms with Gasteiger partial charge in [-0.2, -0.15) is 0 Å². The van der Waals surface area contributed by atoms with Crippen molar-refractivity contribution in [2.24, 2.45) is 0 Å². The highest BCUT2D eigenvalue weighted by Crippen LogP contribution is 2.32. The largest absolute Gasteiger partial charge is 0.508 e. The molecule has 5 nitrogen and oxygen atoms in total. The highest BCUT2D eigenvalue weighted by molar-refractivity contribution is 5.91. The second kappa shape index (κ2) is 6.39. The first-order chi connectivity index (χ1) is 10.7. The van der Waals surface area contributed by atoms with Crippen molar-refractivity contribution < 1.29 is 19.4 Å². The van der Waals surface area contributed by atoms with Gasteiger partial charge in [-0.05, 0) is 36.2 Å². The van der Waals surface area contributed by atoms with E-state index in [0.29, 0.717) is 43.2 Å². The number of phenols is 1. The average Bonchev–Trinajstić information content (AvgIpc) is 2.54. The van der Waals surface area contributed by atoms with Gasteiger partial charge in [0.1, 0.15) is 19.0 Å². The van der Waals surface area contributed by atoms with Crippen LogP contribution in [0.3, 0.4) is 0 Å². The van der Waals surface area contributed by atoms with Crippen LogP contribution in [0, 0.1) is 0 Å². The molecule has 0 saturated heterocycles. The molecule has 0 aromatic heterocycles. The number of aryl methyl sites for hydroxylation is 1. The van der Waals surface area contributed by atoms with Gasteiger partial charge in [-0.25, -0.2) is 0 Å². The summed E-state index contributed by atoms with van der Waals surface area (Å²) >= 11 is 0. The first kappa shape index (κ1) is 14.3. The molecule has 114 valence electrons. The van der Waals surface area contributed by atoms with Crippen LogP contribution in [0.5, 0.6) is 17.2 Å². The van der Waals surface area contributed by atoms with Gasteiger partial charge in [0.15, 0.2) is 11.5 Å². The quantitative estimate of drug-likeness (QED) is 0.911. The topological polar surface area (TPSA) is 67.8 Å². The smallest absolute Gasteiger partial charge is 0.224 e. The maximum Gasteiger partial charge on any atom is 0.224 e. The summed E-state index contributed by atoms with van der Waals surface area (Å²) in [7, 11) is 0. The number of hydrogen-bond acceptors (Lipinski definition) is 4. The fraction of sp³-hybridized carbons (Fsp3) is 0.235. The van der Waals surface area contributed by atoms with Gasteiger partial charge in [-0.3, -0.25) is 4.79 Å². The van der Waals surface area contributed by atoms with E-state index in [4.69, 9.17) is 9.47 Å². The molecule has 0 atom stereocenters. The van der Waals surface area contributed by atoms with Crippen LogP contribution in [-0.2, 0) is 11.2 Å². The second-order valence-electron chi connectivity index (χ2n) is 5.07. The summed E-state index contributed by atoms with van der Waals surface area (Å²) in [6.45, 7) is 1.07. The van der Waals surface area contributed by atoms with Gasteiger partial charge < -0.3 is 19.9 Å². The lowest BCUT2D eigenvalue weighted by molar-refractivity contribution is -0.116. The molecule has 2 N–H and O–H groups in total. The van der Waals surface area contributed by atoms with E-state index in [2.05, 4.69) is 5.32 Å². The Labute approximate surface area is 128 Å². The number of aromatic hydroxyl groups is 1. The Morgan fingerprint density at radius 2 is 1.77 bits per heavy atom. The van der Waals surface area contributed by atoms with Gasteiger partial charge in [0, 0.05) is 18.2 Å². The minimum absolute atomic E-state index is 0.0650. The van der Waals surface area contributed by atoms with Crippen molar-refractivity contribution in [3.63, 3.8) is 0 Å². The minimum Gasteiger partial charge on any atom is -0.508 e. The molecule has 1 aliphatic heterocycles. The van der Waals surface area contributed by atoms with Crippen LogP contribution >= 0.6 is 0 Å². The molecule has 5 heteroatoms. The molecule has 22 heavy (non-hydrogen) atoms. The molecule has 1 amide bonds. The Balaban J connectivity index is 1.56. The maximum atomic E-state index is 12.0. The Morgan fingerprint density at radius 3 is 2.55 bits per heavy atom. The predicted octanol–water partition coefficient (Wildman–Crippen LogP) is 2.73. The number of phenolic OH excluding ortho intramolecular Hbond substituents is 1. The van der Waals surface area contributed by atoms with E-state index in [0.717, 1.165) is 5.56 Å². The van der Waals surface area contributed by atoms with Crippen molar-refractivity contribution in [2.75, 3.05) is 18.5 Å². The highest BCUT2D eigenvalue weighted by atomic mass is 16.6. The minimum atomic E-state index is -0.0650. The van der Waals surface area contributed by atoms with E-state index in [9.17, 15) is 9.90 Å². The molecule has 3 rings (SSSR count). The Bertz CT molecular complexity index is 667. The number of amides is 1. The number of rotatable bonds is 4. The van der Waals surface area contributed by atoms with Gasteiger partial charge in [-0.15, -0.1) is 0 Å². The molecule has 0 bridgehead atoms. The van der Waals surface area contributed by atoms with Gasteiger partial charge in [0.05, 0.1) is 0 Å². The molecule has 0 saturated carbocycles. The van der Waals surface area contributed by atoms with Crippen molar-refractivity contribution in [2.45, 2.75) is 12.8 Å². The Hall–Kier alpha value is -2.69. The average molecular weight is 299 g/mol. The Morgan fingerprint density at radius 1 is 1.05 bits per heavy atom. The molecule has 0 unspecified atom stereocenters. The summed E-state index contributed by atoms with van der Waals surface area (Å²) in [5.74, 6) is 1.52. The van der Waals surface area contributed by atoms with Crippen LogP contribution < -0.4 is 14.8 Å². The molecule has 0 radical (unpaired) electrons. The van der Waals surface area contributed by atoms with Crippen LogP contribution in [0.1, 0.15) is 12.0 Å². The monoisotopic (exact) mass is 299 g/mol. The van der Waals surface area contributed by atoms with E-state index in [1.807, 2.05) is 12.1 Å². The van der Waals surface area contributed by atoms with E-state index in [1.54, 1.807) is 30.3 Å². The van der Waals surface area contributed by atoms with Gasteiger partial charge in [0.25, 0.3) is 0 Å². The summed E-state index contributed by atoms with van der Waals surface area (Å²) in [5.41, 5.74) is 1.70. The van der Waals surface area contributed by atoms with Crippen LogP contribution in [0.15, 0.2) is 42.5 Å². The number of anilines is 1. The molecule has 0 spiro atoms. The van der Waals surface area contributed by atoms with Crippen molar-refractivity contribution in [3.05, 3.63) is 48.0 Å². The lowest BCUT2D eigenvalue weighted by atomic mass is 10.1. The van der Waals surface area contributed by atoms with E-state index in [1.165, 1.54) is 0 Å². The molecule has 1 heterocycles. The number of carbonyl (C=O) groups excluding carboxylic acids is 1. The third-order valence-electron chi connectivity index (χ3n) is 3.40. The Kier molecular flexibility index (Phi) is 4.14. The van der Waals surface area contributed by atoms with Crippen LogP contribution in [0.25, 0.3) is 0 Å². The molecule has 2 aromatic carbocycles. The SMILES string of the molecule is O=C(CCc1ccc(O)cc1)Nc1ccc2c(c1)OCCO2. The summed E-state index contributed by atoms with van der Waals surface area (Å²) < 4.78 is 10.9. The summed E-state index contributed by atoms with van der Waals surface area (Å²) in [6.07, 6.45) is 0.996. The zero-order chi connectivity index (χ0) is 15.4. The normalized spacial score (nSPS) is 12.7. The fourth-order valence-electron chi connectivity index (χ4n) is 2.27. The standard InChI is InChI=1S/C17H17NO4/c19-14-5-1-12(2-6-14)3-8-17(20)18-13-4-7-15-16(11-13)22-10-9-21-15/h1-2,4-7,11,19H,3,8-10H2,(H,18,20). The van der Waals surface area contributed by atoms with E-state index in [-0.39, 0.29) is 11.7 Å². The number of nitrogens with one attached hydrogen (secondary N) is 1. The highest BCUT2D eigenvalue weighted by Gasteiger charge is 2.12. The molecule has 2 aromatic rings. The second-order valence-corrected chi connectivity index (χ2v) is 5.07. The van der Waals surface area contributed by atoms with Gasteiger partial charge in [0.2, 0.25) is 5.91 Å². The van der Waals surface area contributed by atoms with Crippen molar-refractivity contribution >= 4 is 11.6 Å². The molecular formula is C17H17NO4. The van der Waals surface area contributed by atoms with Crippen LogP contribution in [0.2, 0.25) is 0 Å². The molecular weight excluding hydrogens is 282 g/mol. The zero-order valence-electron chi connectivity index (χ0n) is 12.0. The first-order valence-electron chi connectivity index (χ1n) is 7.18. The van der Waals surface area contributed by atoms with E-state index >= 15 is 0 Å². The third kappa shape index (κ3) is 3.49. The van der Waals surface area contributed by atoms with E-state index < -0.39 is 0 Å². The van der Waals surface area contributed by atoms with Crippen LogP contribution in [-0.4, -0.2) is 24.2 Å². The maximum absolute atomic E-state index is 12.0. The summed E-state index contributed by atoms with van der Waals surface area (Å²) in [5, 5.41) is 12.1.